The lowest BCUT2D eigenvalue weighted by molar-refractivity contribution is 0.409. The first kappa shape index (κ1) is 17.5. The first-order valence-electron chi connectivity index (χ1n) is 7.53. The number of ether oxygens (including phenoxy) is 1. The van der Waals surface area contributed by atoms with Crippen LogP contribution in [-0.4, -0.2) is 13.2 Å². The second kappa shape index (κ2) is 8.68. The van der Waals surface area contributed by atoms with Gasteiger partial charge in [-0.05, 0) is 59.8 Å². The van der Waals surface area contributed by atoms with Crippen LogP contribution in [0.5, 0.6) is 5.75 Å². The third-order valence-electron chi connectivity index (χ3n) is 3.63. The quantitative estimate of drug-likeness (QED) is 0.690. The van der Waals surface area contributed by atoms with E-state index >= 15 is 0 Å². The van der Waals surface area contributed by atoms with E-state index in [1.165, 1.54) is 24.8 Å². The van der Waals surface area contributed by atoms with Gasteiger partial charge in [0.2, 0.25) is 0 Å². The van der Waals surface area contributed by atoms with E-state index in [9.17, 15) is 0 Å². The van der Waals surface area contributed by atoms with Crippen LogP contribution in [0.25, 0.3) is 0 Å². The van der Waals surface area contributed by atoms with Gasteiger partial charge in [0.1, 0.15) is 5.75 Å². The fourth-order valence-corrected chi connectivity index (χ4v) is 2.95. The Hall–Kier alpha value is -0.540. The summed E-state index contributed by atoms with van der Waals surface area (Å²) < 4.78 is 6.28. The Bertz CT molecular complexity index is 406. The van der Waals surface area contributed by atoms with Crippen molar-refractivity contribution in [2.24, 2.45) is 5.92 Å². The maximum atomic E-state index is 5.27. The summed E-state index contributed by atoms with van der Waals surface area (Å²) in [6, 6.07) is 7.18. The van der Waals surface area contributed by atoms with E-state index in [0.29, 0.717) is 12.1 Å². The molecule has 3 heteroatoms. The molecule has 0 saturated carbocycles. The van der Waals surface area contributed by atoms with Gasteiger partial charge in [-0.25, -0.2) is 0 Å². The minimum absolute atomic E-state index is 0.353. The molecule has 0 aliphatic heterocycles. The topological polar surface area (TPSA) is 21.3 Å². The van der Waals surface area contributed by atoms with Crippen LogP contribution >= 0.6 is 15.9 Å². The second-order valence-corrected chi connectivity index (χ2v) is 6.86. The Balaban J connectivity index is 2.49. The lowest BCUT2D eigenvalue weighted by Crippen LogP contribution is -2.28. The van der Waals surface area contributed by atoms with Crippen LogP contribution in [0.15, 0.2) is 22.7 Å². The maximum absolute atomic E-state index is 5.27. The van der Waals surface area contributed by atoms with Gasteiger partial charge in [-0.3, -0.25) is 0 Å². The molecule has 1 aromatic rings. The molecule has 0 amide bonds. The monoisotopic (exact) mass is 341 g/mol. The van der Waals surface area contributed by atoms with Crippen molar-refractivity contribution >= 4 is 15.9 Å². The van der Waals surface area contributed by atoms with Gasteiger partial charge >= 0.3 is 0 Å². The molecule has 2 atom stereocenters. The Morgan fingerprint density at radius 3 is 2.40 bits per heavy atom. The van der Waals surface area contributed by atoms with Crippen molar-refractivity contribution in [1.29, 1.82) is 0 Å². The predicted octanol–water partition coefficient (Wildman–Crippen LogP) is 5.32. The van der Waals surface area contributed by atoms with Crippen LogP contribution in [0.4, 0.5) is 0 Å². The molecule has 1 rings (SSSR count). The highest BCUT2D eigenvalue weighted by Crippen LogP contribution is 2.28. The number of halogens is 1. The molecule has 0 spiro atoms. The van der Waals surface area contributed by atoms with E-state index in [1.54, 1.807) is 7.11 Å². The van der Waals surface area contributed by atoms with Crippen LogP contribution in [0.1, 0.15) is 58.6 Å². The Labute approximate surface area is 132 Å². The van der Waals surface area contributed by atoms with Gasteiger partial charge in [0.15, 0.2) is 0 Å². The van der Waals surface area contributed by atoms with E-state index in [-0.39, 0.29) is 0 Å². The van der Waals surface area contributed by atoms with E-state index in [2.05, 4.69) is 61.1 Å². The molecule has 0 radical (unpaired) electrons. The van der Waals surface area contributed by atoms with Gasteiger partial charge in [0.05, 0.1) is 11.6 Å². The fraction of sp³-hybridized carbons (Fsp3) is 0.647. The molecular formula is C17H28BrNO. The normalized spacial score (nSPS) is 14.3. The number of rotatable bonds is 8. The lowest BCUT2D eigenvalue weighted by Gasteiger charge is -2.21. The molecular weight excluding hydrogens is 314 g/mol. The van der Waals surface area contributed by atoms with E-state index < -0.39 is 0 Å². The van der Waals surface area contributed by atoms with Crippen molar-refractivity contribution in [3.05, 3.63) is 28.2 Å². The molecule has 0 saturated heterocycles. The van der Waals surface area contributed by atoms with Gasteiger partial charge in [-0.1, -0.05) is 32.8 Å². The summed E-state index contributed by atoms with van der Waals surface area (Å²) in [5.41, 5.74) is 1.29. The summed E-state index contributed by atoms with van der Waals surface area (Å²) in [7, 11) is 1.69. The lowest BCUT2D eigenvalue weighted by atomic mass is 10.0. The molecule has 2 unspecified atom stereocenters. The van der Waals surface area contributed by atoms with Gasteiger partial charge in [0, 0.05) is 12.1 Å². The average Bonchev–Trinajstić information content (AvgIpc) is 2.38. The summed E-state index contributed by atoms with van der Waals surface area (Å²) in [6.07, 6.45) is 3.85. The zero-order valence-electron chi connectivity index (χ0n) is 13.4. The fourth-order valence-electron chi connectivity index (χ4n) is 2.39. The van der Waals surface area contributed by atoms with Gasteiger partial charge in [0.25, 0.3) is 0 Å². The molecule has 0 aromatic heterocycles. The van der Waals surface area contributed by atoms with Crippen molar-refractivity contribution in [2.75, 3.05) is 7.11 Å². The van der Waals surface area contributed by atoms with Crippen molar-refractivity contribution in [2.45, 2.75) is 59.0 Å². The largest absolute Gasteiger partial charge is 0.496 e. The molecule has 1 aromatic carbocycles. The molecule has 2 nitrogen and oxygen atoms in total. The highest BCUT2D eigenvalue weighted by atomic mass is 79.9. The van der Waals surface area contributed by atoms with Gasteiger partial charge in [-0.2, -0.15) is 0 Å². The molecule has 20 heavy (non-hydrogen) atoms. The van der Waals surface area contributed by atoms with Crippen LogP contribution < -0.4 is 10.1 Å². The Morgan fingerprint density at radius 1 is 1.15 bits per heavy atom. The molecule has 1 N–H and O–H groups in total. The highest BCUT2D eigenvalue weighted by Gasteiger charge is 2.11. The molecule has 0 fully saturated rings. The number of hydrogen-bond acceptors (Lipinski definition) is 2. The van der Waals surface area contributed by atoms with Crippen LogP contribution in [0.3, 0.4) is 0 Å². The Kier molecular flexibility index (Phi) is 7.60. The van der Waals surface area contributed by atoms with Crippen LogP contribution in [0.2, 0.25) is 0 Å². The second-order valence-electron chi connectivity index (χ2n) is 6.01. The minimum Gasteiger partial charge on any atom is -0.496 e. The SMILES string of the molecule is COc1ccc(C(C)NC(C)CCCC(C)C)cc1Br. The Morgan fingerprint density at radius 2 is 1.85 bits per heavy atom. The van der Waals surface area contributed by atoms with Gasteiger partial charge < -0.3 is 10.1 Å². The van der Waals surface area contributed by atoms with E-state index in [4.69, 9.17) is 4.74 Å². The van der Waals surface area contributed by atoms with Gasteiger partial charge in [-0.15, -0.1) is 0 Å². The number of nitrogens with one attached hydrogen (secondary N) is 1. The smallest absolute Gasteiger partial charge is 0.133 e. The predicted molar refractivity (Wildman–Crippen MR) is 90.4 cm³/mol. The number of hydrogen-bond donors (Lipinski definition) is 1. The summed E-state index contributed by atoms with van der Waals surface area (Å²) in [5.74, 6) is 1.68. The van der Waals surface area contributed by atoms with Crippen molar-refractivity contribution in [3.8, 4) is 5.75 Å². The summed E-state index contributed by atoms with van der Waals surface area (Å²) in [6.45, 7) is 9.06. The zero-order chi connectivity index (χ0) is 15.1. The minimum atomic E-state index is 0.353. The van der Waals surface area contributed by atoms with Crippen LogP contribution in [0, 0.1) is 5.92 Å². The molecule has 114 valence electrons. The summed E-state index contributed by atoms with van der Waals surface area (Å²) in [4.78, 5) is 0. The third-order valence-corrected chi connectivity index (χ3v) is 4.25. The van der Waals surface area contributed by atoms with E-state index in [1.807, 2.05) is 6.07 Å². The van der Waals surface area contributed by atoms with Crippen LogP contribution in [-0.2, 0) is 0 Å². The zero-order valence-corrected chi connectivity index (χ0v) is 15.0. The number of benzene rings is 1. The molecule has 0 bridgehead atoms. The maximum Gasteiger partial charge on any atom is 0.133 e. The molecule has 0 heterocycles. The van der Waals surface area contributed by atoms with Crippen molar-refractivity contribution in [1.82, 2.24) is 5.32 Å². The van der Waals surface area contributed by atoms with Crippen molar-refractivity contribution in [3.63, 3.8) is 0 Å². The van der Waals surface area contributed by atoms with Crippen molar-refractivity contribution < 1.29 is 4.74 Å². The standard InChI is InChI=1S/C17H28BrNO/c1-12(2)7-6-8-13(3)19-14(4)15-9-10-17(20-5)16(18)11-15/h9-14,19H,6-8H2,1-5H3. The third kappa shape index (κ3) is 5.84. The molecule has 0 aliphatic carbocycles. The first-order valence-corrected chi connectivity index (χ1v) is 8.32. The van der Waals surface area contributed by atoms with E-state index in [0.717, 1.165) is 16.1 Å². The average molecular weight is 342 g/mol. The summed E-state index contributed by atoms with van der Waals surface area (Å²) in [5, 5.41) is 3.67. The molecule has 0 aliphatic rings. The first-order chi connectivity index (χ1) is 9.43. The highest BCUT2D eigenvalue weighted by molar-refractivity contribution is 9.10. The summed E-state index contributed by atoms with van der Waals surface area (Å²) >= 11 is 3.55. The number of methoxy groups -OCH3 is 1.